The highest BCUT2D eigenvalue weighted by molar-refractivity contribution is 5.89. The molecule has 1 heterocycles. The van der Waals surface area contributed by atoms with Gasteiger partial charge in [0.05, 0.1) is 5.52 Å². The third-order valence-corrected chi connectivity index (χ3v) is 2.37. The third-order valence-electron chi connectivity index (χ3n) is 2.37. The quantitative estimate of drug-likeness (QED) is 0.702. The fourth-order valence-corrected chi connectivity index (χ4v) is 1.58. The molecule has 2 rings (SSSR count). The number of fused-ring (bicyclic) bond motifs is 1. The lowest BCUT2D eigenvalue weighted by Gasteiger charge is -1.99. The van der Waals surface area contributed by atoms with Crippen LogP contribution in [0.1, 0.15) is 13.3 Å². The molecule has 3 heteroatoms. The van der Waals surface area contributed by atoms with E-state index in [4.69, 9.17) is 4.74 Å². The Morgan fingerprint density at radius 2 is 2.13 bits per heavy atom. The number of aryl methyl sites for hydroxylation is 1. The van der Waals surface area contributed by atoms with Crippen molar-refractivity contribution in [2.75, 3.05) is 0 Å². The van der Waals surface area contributed by atoms with Gasteiger partial charge in [0.15, 0.2) is 5.75 Å². The summed E-state index contributed by atoms with van der Waals surface area (Å²) in [5.41, 5.74) is 1.07. The van der Waals surface area contributed by atoms with Crippen LogP contribution < -0.4 is 4.74 Å². The second-order valence-electron chi connectivity index (χ2n) is 3.45. The summed E-state index contributed by atoms with van der Waals surface area (Å²) in [6, 6.07) is 7.85. The Kier molecular flexibility index (Phi) is 2.46. The summed E-state index contributed by atoms with van der Waals surface area (Å²) in [4.78, 5) is 11.2. The predicted octanol–water partition coefficient (Wildman–Crippen LogP) is 2.49. The van der Waals surface area contributed by atoms with Crippen LogP contribution in [0.4, 0.5) is 0 Å². The Morgan fingerprint density at radius 3 is 2.87 bits per heavy atom. The fraction of sp³-hybridized carbons (Fsp3) is 0.250. The van der Waals surface area contributed by atoms with Gasteiger partial charge in [-0.15, -0.1) is 0 Å². The average Bonchev–Trinajstić information content (AvgIpc) is 2.57. The van der Waals surface area contributed by atoms with Gasteiger partial charge in [-0.05, 0) is 12.1 Å². The summed E-state index contributed by atoms with van der Waals surface area (Å²) in [6.07, 6.45) is 2.22. The lowest BCUT2D eigenvalue weighted by atomic mass is 10.2. The Hall–Kier alpha value is -1.77. The van der Waals surface area contributed by atoms with Crippen molar-refractivity contribution in [3.05, 3.63) is 30.5 Å². The van der Waals surface area contributed by atoms with Crippen LogP contribution in [0.3, 0.4) is 0 Å². The third kappa shape index (κ3) is 1.73. The molecule has 0 fully saturated rings. The molecule has 0 amide bonds. The van der Waals surface area contributed by atoms with Gasteiger partial charge in [-0.3, -0.25) is 4.79 Å². The summed E-state index contributed by atoms with van der Waals surface area (Å²) in [7, 11) is 1.94. The zero-order valence-electron chi connectivity index (χ0n) is 8.86. The van der Waals surface area contributed by atoms with E-state index < -0.39 is 0 Å². The molecule has 15 heavy (non-hydrogen) atoms. The number of hydrogen-bond donors (Lipinski definition) is 0. The summed E-state index contributed by atoms with van der Waals surface area (Å²) >= 11 is 0. The molecule has 0 aliphatic heterocycles. The Morgan fingerprint density at radius 1 is 1.40 bits per heavy atom. The van der Waals surface area contributed by atoms with Crippen LogP contribution in [-0.2, 0) is 11.8 Å². The largest absolute Gasteiger partial charge is 0.424 e. The van der Waals surface area contributed by atoms with Crippen LogP contribution in [0.15, 0.2) is 30.5 Å². The van der Waals surface area contributed by atoms with Crippen LogP contribution in [0.25, 0.3) is 10.9 Å². The van der Waals surface area contributed by atoms with E-state index in [-0.39, 0.29) is 5.97 Å². The van der Waals surface area contributed by atoms with Crippen molar-refractivity contribution < 1.29 is 9.53 Å². The van der Waals surface area contributed by atoms with Crippen molar-refractivity contribution in [2.24, 2.45) is 7.05 Å². The van der Waals surface area contributed by atoms with Crippen molar-refractivity contribution in [2.45, 2.75) is 13.3 Å². The molecule has 1 aromatic heterocycles. The maximum atomic E-state index is 11.2. The summed E-state index contributed by atoms with van der Waals surface area (Å²) in [6.45, 7) is 1.79. The van der Waals surface area contributed by atoms with Gasteiger partial charge < -0.3 is 9.30 Å². The number of para-hydroxylation sites is 1. The molecule has 3 nitrogen and oxygen atoms in total. The first kappa shape index (κ1) is 9.77. The molecule has 0 unspecified atom stereocenters. The van der Waals surface area contributed by atoms with Gasteiger partial charge in [0.2, 0.25) is 0 Å². The topological polar surface area (TPSA) is 31.2 Å². The molecule has 0 saturated carbocycles. The summed E-state index contributed by atoms with van der Waals surface area (Å²) in [5.74, 6) is 0.436. The van der Waals surface area contributed by atoms with E-state index >= 15 is 0 Å². The van der Waals surface area contributed by atoms with Crippen LogP contribution in [0.5, 0.6) is 5.75 Å². The van der Waals surface area contributed by atoms with E-state index in [1.165, 1.54) is 0 Å². The highest BCUT2D eigenvalue weighted by Gasteiger charge is 2.09. The summed E-state index contributed by atoms with van der Waals surface area (Å²) < 4.78 is 7.19. The van der Waals surface area contributed by atoms with Crippen molar-refractivity contribution in [1.82, 2.24) is 4.57 Å². The maximum absolute atomic E-state index is 11.2. The number of benzene rings is 1. The maximum Gasteiger partial charge on any atom is 0.310 e. The second kappa shape index (κ2) is 3.77. The van der Waals surface area contributed by atoms with Crippen molar-refractivity contribution in [3.8, 4) is 5.75 Å². The molecule has 0 aliphatic rings. The Bertz CT molecular complexity index is 499. The van der Waals surface area contributed by atoms with Gasteiger partial charge >= 0.3 is 5.97 Å². The lowest BCUT2D eigenvalue weighted by Crippen LogP contribution is -2.04. The number of nitrogens with zero attached hydrogens (tertiary/aromatic N) is 1. The minimum Gasteiger partial charge on any atom is -0.424 e. The zero-order chi connectivity index (χ0) is 10.8. The number of carbonyl (C=O) groups excluding carboxylic acids is 1. The molecule has 78 valence electrons. The number of carbonyl (C=O) groups is 1. The van der Waals surface area contributed by atoms with Gasteiger partial charge in [-0.1, -0.05) is 19.1 Å². The standard InChI is InChI=1S/C12H13NO2/c1-3-12(14)15-11-8-13(2)10-7-5-4-6-9(10)11/h4-8H,3H2,1-2H3. The monoisotopic (exact) mass is 203 g/mol. The molecule has 0 N–H and O–H groups in total. The van der Waals surface area contributed by atoms with Crippen LogP contribution in [0, 0.1) is 0 Å². The molecule has 0 bridgehead atoms. The van der Waals surface area contributed by atoms with Crippen molar-refractivity contribution >= 4 is 16.9 Å². The Balaban J connectivity index is 2.48. The minimum absolute atomic E-state index is 0.202. The average molecular weight is 203 g/mol. The van der Waals surface area contributed by atoms with E-state index in [0.717, 1.165) is 10.9 Å². The van der Waals surface area contributed by atoms with Crippen molar-refractivity contribution in [1.29, 1.82) is 0 Å². The molecule has 2 aromatic rings. The van der Waals surface area contributed by atoms with Crippen LogP contribution in [0.2, 0.25) is 0 Å². The number of aromatic nitrogens is 1. The van der Waals surface area contributed by atoms with Crippen LogP contribution in [-0.4, -0.2) is 10.5 Å². The first-order valence-corrected chi connectivity index (χ1v) is 4.97. The van der Waals surface area contributed by atoms with Crippen molar-refractivity contribution in [3.63, 3.8) is 0 Å². The van der Waals surface area contributed by atoms with E-state index in [1.54, 1.807) is 6.92 Å². The highest BCUT2D eigenvalue weighted by Crippen LogP contribution is 2.27. The summed E-state index contributed by atoms with van der Waals surface area (Å²) in [5, 5.41) is 0.974. The molecular weight excluding hydrogens is 190 g/mol. The van der Waals surface area contributed by atoms with Gasteiger partial charge in [0, 0.05) is 25.1 Å². The number of rotatable bonds is 2. The first-order valence-electron chi connectivity index (χ1n) is 4.97. The van der Waals surface area contributed by atoms with Gasteiger partial charge in [-0.25, -0.2) is 0 Å². The number of esters is 1. The number of ether oxygens (including phenoxy) is 1. The van der Waals surface area contributed by atoms with E-state index in [1.807, 2.05) is 42.1 Å². The first-order chi connectivity index (χ1) is 7.22. The van der Waals surface area contributed by atoms with Gasteiger partial charge in [-0.2, -0.15) is 0 Å². The second-order valence-corrected chi connectivity index (χ2v) is 3.45. The predicted molar refractivity (Wildman–Crippen MR) is 58.8 cm³/mol. The molecule has 0 aliphatic carbocycles. The zero-order valence-corrected chi connectivity index (χ0v) is 8.86. The number of hydrogen-bond acceptors (Lipinski definition) is 2. The minimum atomic E-state index is -0.202. The molecule has 0 atom stereocenters. The van der Waals surface area contributed by atoms with Gasteiger partial charge in [0.1, 0.15) is 0 Å². The SMILES string of the molecule is CCC(=O)Oc1cn(C)c2ccccc12. The van der Waals surface area contributed by atoms with E-state index in [2.05, 4.69) is 0 Å². The highest BCUT2D eigenvalue weighted by atomic mass is 16.5. The fourth-order valence-electron chi connectivity index (χ4n) is 1.58. The van der Waals surface area contributed by atoms with E-state index in [0.29, 0.717) is 12.2 Å². The molecule has 0 saturated heterocycles. The molecule has 0 radical (unpaired) electrons. The lowest BCUT2D eigenvalue weighted by molar-refractivity contribution is -0.133. The van der Waals surface area contributed by atoms with Crippen LogP contribution >= 0.6 is 0 Å². The Labute approximate surface area is 88.3 Å². The molecular formula is C12H13NO2. The van der Waals surface area contributed by atoms with E-state index in [9.17, 15) is 4.79 Å². The molecule has 1 aromatic carbocycles. The smallest absolute Gasteiger partial charge is 0.310 e. The normalized spacial score (nSPS) is 10.5. The van der Waals surface area contributed by atoms with Gasteiger partial charge in [0.25, 0.3) is 0 Å². The molecule has 0 spiro atoms.